The van der Waals surface area contributed by atoms with Crippen LogP contribution in [0.15, 0.2) is 0 Å². The van der Waals surface area contributed by atoms with Crippen molar-refractivity contribution in [3.05, 3.63) is 0 Å². The first-order valence-electron chi connectivity index (χ1n) is 3.54. The van der Waals surface area contributed by atoms with Crippen LogP contribution in [0, 0.1) is 0 Å². The lowest BCUT2D eigenvalue weighted by atomic mass is 10.3. The van der Waals surface area contributed by atoms with E-state index < -0.39 is 0 Å². The van der Waals surface area contributed by atoms with Gasteiger partial charge in [-0.2, -0.15) is 0 Å². The maximum atomic E-state index is 5.47. The van der Waals surface area contributed by atoms with E-state index in [2.05, 4.69) is 13.8 Å². The van der Waals surface area contributed by atoms with Gasteiger partial charge in [-0.3, -0.25) is 0 Å². The molecule has 2 N–H and O–H groups in total. The molecule has 0 aliphatic rings. The zero-order chi connectivity index (χ0) is 7.28. The molecule has 0 saturated heterocycles. The smallest absolute Gasteiger partial charge is 0.0618 e. The zero-order valence-electron chi connectivity index (χ0n) is 6.55. The lowest BCUT2D eigenvalue weighted by Gasteiger charge is -2.11. The average molecular weight is 131 g/mol. The molecule has 0 saturated carbocycles. The van der Waals surface area contributed by atoms with Crippen molar-refractivity contribution in [2.24, 2.45) is 5.73 Å². The largest absolute Gasteiger partial charge is 0.377 e. The minimum Gasteiger partial charge on any atom is -0.377 e. The average Bonchev–Trinajstić information content (AvgIpc) is 1.83. The summed E-state index contributed by atoms with van der Waals surface area (Å²) in [7, 11) is 0. The molecular weight excluding hydrogens is 114 g/mol. The van der Waals surface area contributed by atoms with Gasteiger partial charge in [0.15, 0.2) is 0 Å². The maximum Gasteiger partial charge on any atom is 0.0618 e. The molecule has 0 spiro atoms. The fraction of sp³-hybridized carbons (Fsp3) is 1.00. The van der Waals surface area contributed by atoms with Crippen molar-refractivity contribution in [3.63, 3.8) is 0 Å². The minimum absolute atomic E-state index is 0.166. The van der Waals surface area contributed by atoms with Crippen molar-refractivity contribution in [1.29, 1.82) is 0 Å². The molecular formula is C7H17NO. The van der Waals surface area contributed by atoms with Gasteiger partial charge in [0.25, 0.3) is 0 Å². The van der Waals surface area contributed by atoms with Crippen LogP contribution in [0.3, 0.4) is 0 Å². The topological polar surface area (TPSA) is 35.2 Å². The molecule has 2 nitrogen and oxygen atoms in total. The van der Waals surface area contributed by atoms with Gasteiger partial charge in [0.1, 0.15) is 0 Å². The first-order chi connectivity index (χ1) is 4.16. The number of hydrogen-bond acceptors (Lipinski definition) is 2. The molecule has 0 amide bonds. The van der Waals surface area contributed by atoms with Gasteiger partial charge in [-0.25, -0.2) is 0 Å². The lowest BCUT2D eigenvalue weighted by Crippen LogP contribution is -2.24. The molecule has 56 valence electrons. The number of rotatable bonds is 4. The maximum absolute atomic E-state index is 5.47. The van der Waals surface area contributed by atoms with Crippen molar-refractivity contribution in [1.82, 2.24) is 0 Å². The first kappa shape index (κ1) is 8.92. The molecule has 0 aliphatic carbocycles. The van der Waals surface area contributed by atoms with E-state index in [4.69, 9.17) is 10.5 Å². The summed E-state index contributed by atoms with van der Waals surface area (Å²) in [6, 6.07) is 0.166. The van der Waals surface area contributed by atoms with Gasteiger partial charge in [-0.15, -0.1) is 0 Å². The van der Waals surface area contributed by atoms with Crippen LogP contribution in [0.5, 0.6) is 0 Å². The summed E-state index contributed by atoms with van der Waals surface area (Å²) in [5.74, 6) is 0. The Morgan fingerprint density at radius 1 is 1.44 bits per heavy atom. The van der Waals surface area contributed by atoms with E-state index in [1.54, 1.807) is 0 Å². The SMILES string of the molecule is CCC(C)OC[C@@H](C)N. The number of ether oxygens (including phenoxy) is 1. The van der Waals surface area contributed by atoms with Crippen LogP contribution < -0.4 is 5.73 Å². The molecule has 0 heterocycles. The van der Waals surface area contributed by atoms with Crippen molar-refractivity contribution < 1.29 is 4.74 Å². The summed E-state index contributed by atoms with van der Waals surface area (Å²) in [5.41, 5.74) is 5.47. The Bertz CT molecular complexity index is 63.9. The first-order valence-corrected chi connectivity index (χ1v) is 3.54. The predicted molar refractivity (Wildman–Crippen MR) is 39.4 cm³/mol. The molecule has 2 atom stereocenters. The van der Waals surface area contributed by atoms with Gasteiger partial charge in [-0.05, 0) is 20.3 Å². The van der Waals surface area contributed by atoms with Crippen molar-refractivity contribution >= 4 is 0 Å². The van der Waals surface area contributed by atoms with Crippen LogP contribution in [-0.4, -0.2) is 18.8 Å². The third kappa shape index (κ3) is 5.80. The third-order valence-electron chi connectivity index (χ3n) is 1.22. The Morgan fingerprint density at radius 3 is 2.33 bits per heavy atom. The van der Waals surface area contributed by atoms with Gasteiger partial charge < -0.3 is 10.5 Å². The van der Waals surface area contributed by atoms with E-state index in [9.17, 15) is 0 Å². The summed E-state index contributed by atoms with van der Waals surface area (Å²) in [5, 5.41) is 0. The van der Waals surface area contributed by atoms with E-state index in [-0.39, 0.29) is 6.04 Å². The van der Waals surface area contributed by atoms with E-state index in [0.29, 0.717) is 12.7 Å². The highest BCUT2D eigenvalue weighted by atomic mass is 16.5. The number of nitrogens with two attached hydrogens (primary N) is 1. The van der Waals surface area contributed by atoms with Crippen LogP contribution in [-0.2, 0) is 4.74 Å². The molecule has 0 rings (SSSR count). The van der Waals surface area contributed by atoms with Crippen molar-refractivity contribution in [2.75, 3.05) is 6.61 Å². The molecule has 0 radical (unpaired) electrons. The van der Waals surface area contributed by atoms with Gasteiger partial charge in [0.2, 0.25) is 0 Å². The Morgan fingerprint density at radius 2 is 2.00 bits per heavy atom. The standard InChI is InChI=1S/C7H17NO/c1-4-7(3)9-5-6(2)8/h6-7H,4-5,8H2,1-3H3/t6-,7?/m1/s1. The van der Waals surface area contributed by atoms with Crippen LogP contribution >= 0.6 is 0 Å². The summed E-state index contributed by atoms with van der Waals surface area (Å²) in [6.45, 7) is 6.78. The van der Waals surface area contributed by atoms with Crippen LogP contribution in [0.4, 0.5) is 0 Å². The van der Waals surface area contributed by atoms with Crippen LogP contribution in [0.2, 0.25) is 0 Å². The highest BCUT2D eigenvalue weighted by molar-refractivity contribution is 4.51. The molecule has 2 heteroatoms. The third-order valence-corrected chi connectivity index (χ3v) is 1.22. The van der Waals surface area contributed by atoms with E-state index in [1.807, 2.05) is 6.92 Å². The molecule has 0 aromatic heterocycles. The fourth-order valence-corrected chi connectivity index (χ4v) is 0.434. The van der Waals surface area contributed by atoms with Crippen LogP contribution in [0.25, 0.3) is 0 Å². The summed E-state index contributed by atoms with van der Waals surface area (Å²) >= 11 is 0. The second-order valence-electron chi connectivity index (χ2n) is 2.53. The molecule has 9 heavy (non-hydrogen) atoms. The van der Waals surface area contributed by atoms with Crippen molar-refractivity contribution in [2.45, 2.75) is 39.3 Å². The van der Waals surface area contributed by atoms with Gasteiger partial charge in [-0.1, -0.05) is 6.92 Å². The molecule has 1 unspecified atom stereocenters. The summed E-state index contributed by atoms with van der Waals surface area (Å²) in [6.07, 6.45) is 1.42. The molecule has 0 aromatic carbocycles. The monoisotopic (exact) mass is 131 g/mol. The molecule has 0 aromatic rings. The van der Waals surface area contributed by atoms with Gasteiger partial charge >= 0.3 is 0 Å². The Hall–Kier alpha value is -0.0800. The highest BCUT2D eigenvalue weighted by Crippen LogP contribution is 1.95. The minimum atomic E-state index is 0.166. The lowest BCUT2D eigenvalue weighted by molar-refractivity contribution is 0.0567. The molecule has 0 bridgehead atoms. The normalized spacial score (nSPS) is 17.3. The quantitative estimate of drug-likeness (QED) is 0.621. The summed E-state index contributed by atoms with van der Waals surface area (Å²) in [4.78, 5) is 0. The van der Waals surface area contributed by atoms with E-state index >= 15 is 0 Å². The van der Waals surface area contributed by atoms with Crippen molar-refractivity contribution in [3.8, 4) is 0 Å². The van der Waals surface area contributed by atoms with Gasteiger partial charge in [0, 0.05) is 6.04 Å². The second-order valence-corrected chi connectivity index (χ2v) is 2.53. The fourth-order valence-electron chi connectivity index (χ4n) is 0.434. The zero-order valence-corrected chi connectivity index (χ0v) is 6.55. The Kier molecular flexibility index (Phi) is 4.72. The second kappa shape index (κ2) is 4.77. The Labute approximate surface area is 57.4 Å². The van der Waals surface area contributed by atoms with E-state index in [0.717, 1.165) is 6.42 Å². The molecule has 0 aliphatic heterocycles. The summed E-state index contributed by atoms with van der Waals surface area (Å²) < 4.78 is 5.33. The van der Waals surface area contributed by atoms with E-state index in [1.165, 1.54) is 0 Å². The highest BCUT2D eigenvalue weighted by Gasteiger charge is 1.98. The molecule has 0 fully saturated rings. The van der Waals surface area contributed by atoms with Gasteiger partial charge in [0.05, 0.1) is 12.7 Å². The predicted octanol–water partition coefficient (Wildman–Crippen LogP) is 1.15. The van der Waals surface area contributed by atoms with Crippen LogP contribution in [0.1, 0.15) is 27.2 Å². The number of hydrogen-bond donors (Lipinski definition) is 1. The Balaban J connectivity index is 3.06.